The predicted molar refractivity (Wildman–Crippen MR) is 257 cm³/mol. The normalized spacial score (nSPS) is 12.8. The molecule has 0 amide bonds. The summed E-state index contributed by atoms with van der Waals surface area (Å²) in [4.78, 5) is 13.2. The minimum Gasteiger partial charge on any atom is -0.495 e. The van der Waals surface area contributed by atoms with Crippen molar-refractivity contribution in [1.82, 2.24) is 0 Å². The van der Waals surface area contributed by atoms with E-state index < -0.39 is 34.0 Å². The molecule has 0 rings (SSSR count). The molecule has 0 saturated carbocycles. The maximum Gasteiger partial charge on any atom is 0.392 e. The van der Waals surface area contributed by atoms with Gasteiger partial charge in [0.1, 0.15) is 0 Å². The maximum atomic E-state index is 13.2. The Morgan fingerprint density at radius 1 is 0.304 bits per heavy atom. The SMILES string of the molecule is CCCCC[Si](CCCCC)(CCCCC)O[Si](CCCCC)(CCCCC)O[Si](CCCCC)(CCCCC)O[Si](CCCCC)(CCCCC)OC(C)=O. The molecule has 0 aliphatic rings. The zero-order valence-electron chi connectivity index (χ0n) is 40.0. The van der Waals surface area contributed by atoms with E-state index in [1.165, 1.54) is 140 Å². The monoisotopic (exact) mass is 859 g/mol. The van der Waals surface area contributed by atoms with E-state index in [9.17, 15) is 4.79 Å². The molecule has 0 aromatic rings. The zero-order chi connectivity index (χ0) is 41.9. The van der Waals surface area contributed by atoms with E-state index in [4.69, 9.17) is 16.8 Å². The van der Waals surface area contributed by atoms with Crippen LogP contribution in [0.4, 0.5) is 0 Å². The van der Waals surface area contributed by atoms with Crippen LogP contribution in [0.5, 0.6) is 0 Å². The Morgan fingerprint density at radius 2 is 0.518 bits per heavy atom. The van der Waals surface area contributed by atoms with Crippen LogP contribution >= 0.6 is 0 Å². The second-order valence-corrected chi connectivity index (χ2v) is 32.9. The number of rotatable bonds is 43. The molecule has 0 radical (unpaired) electrons. The summed E-state index contributed by atoms with van der Waals surface area (Å²) < 4.78 is 31.7. The van der Waals surface area contributed by atoms with Crippen molar-refractivity contribution >= 4 is 40.0 Å². The van der Waals surface area contributed by atoms with Gasteiger partial charge in [0, 0.05) is 19.0 Å². The smallest absolute Gasteiger partial charge is 0.392 e. The third kappa shape index (κ3) is 25.8. The molecule has 0 atom stereocenters. The number of carbonyl (C=O) groups excluding carboxylic acids is 1. The first-order valence-electron chi connectivity index (χ1n) is 25.4. The van der Waals surface area contributed by atoms with Crippen LogP contribution in [0.1, 0.15) is 243 Å². The number of unbranched alkanes of at least 4 members (excludes halogenated alkanes) is 18. The molecule has 0 aliphatic heterocycles. The predicted octanol–water partition coefficient (Wildman–Crippen LogP) is 17.6. The Labute approximate surface area is 357 Å². The zero-order valence-corrected chi connectivity index (χ0v) is 44.0. The van der Waals surface area contributed by atoms with E-state index in [1.807, 2.05) is 0 Å². The Morgan fingerprint density at radius 3 is 0.768 bits per heavy atom. The van der Waals surface area contributed by atoms with Crippen LogP contribution in [0.15, 0.2) is 0 Å². The Balaban J connectivity index is 7.99. The lowest BCUT2D eigenvalue weighted by atomic mass is 10.3. The van der Waals surface area contributed by atoms with Gasteiger partial charge in [-0.05, 0) is 42.3 Å². The van der Waals surface area contributed by atoms with E-state index in [2.05, 4.69) is 62.3 Å². The van der Waals surface area contributed by atoms with Gasteiger partial charge >= 0.3 is 25.7 Å². The van der Waals surface area contributed by atoms with Crippen LogP contribution in [0.25, 0.3) is 0 Å². The largest absolute Gasteiger partial charge is 0.495 e. The molecular weight excluding hydrogens is 757 g/mol. The van der Waals surface area contributed by atoms with Crippen molar-refractivity contribution in [3.8, 4) is 0 Å². The standard InChI is InChI=1S/C47H102O5Si4/c1-11-20-29-38-53(39-30-21-12-2,40-31-22-13-3)50-55(43-34-25-16-6,44-35-26-17-7)52-56(45-36-27-18-8,46-37-28-19-9)51-54(49-47(10)48,41-32-23-14-4)42-33-24-15-5/h11-46H2,1-10H3. The van der Waals surface area contributed by atoms with Crippen molar-refractivity contribution in [2.75, 3.05) is 0 Å². The third-order valence-electron chi connectivity index (χ3n) is 12.2. The Hall–Kier alpha value is 0.218. The van der Waals surface area contributed by atoms with Crippen LogP contribution in [0.3, 0.4) is 0 Å². The molecule has 0 N–H and O–H groups in total. The summed E-state index contributed by atoms with van der Waals surface area (Å²) in [6.45, 7) is 22.7. The van der Waals surface area contributed by atoms with Crippen molar-refractivity contribution in [3.63, 3.8) is 0 Å². The van der Waals surface area contributed by atoms with Gasteiger partial charge in [0.15, 0.2) is 8.32 Å². The summed E-state index contributed by atoms with van der Waals surface area (Å²) in [7, 11) is -10.8. The Bertz CT molecular complexity index is 834. The van der Waals surface area contributed by atoms with Gasteiger partial charge in [0.05, 0.1) is 0 Å². The molecule has 0 spiro atoms. The minimum absolute atomic E-state index is 0.144. The first kappa shape index (κ1) is 56.2. The van der Waals surface area contributed by atoms with Gasteiger partial charge in [-0.1, -0.05) is 236 Å². The van der Waals surface area contributed by atoms with Gasteiger partial charge < -0.3 is 16.8 Å². The highest BCUT2D eigenvalue weighted by Gasteiger charge is 2.56. The summed E-state index contributed by atoms with van der Waals surface area (Å²) in [5.41, 5.74) is 0. The van der Waals surface area contributed by atoms with E-state index in [0.29, 0.717) is 0 Å². The molecular formula is C47H102O5Si4. The summed E-state index contributed by atoms with van der Waals surface area (Å²) >= 11 is 0. The van der Waals surface area contributed by atoms with Crippen molar-refractivity contribution in [3.05, 3.63) is 0 Å². The minimum atomic E-state index is -2.94. The second-order valence-electron chi connectivity index (χ2n) is 17.9. The van der Waals surface area contributed by atoms with Gasteiger partial charge in [-0.3, -0.25) is 4.79 Å². The average molecular weight is 860 g/mol. The van der Waals surface area contributed by atoms with Gasteiger partial charge in [-0.25, -0.2) is 0 Å². The molecule has 0 aromatic carbocycles. The highest BCUT2D eigenvalue weighted by molar-refractivity contribution is 6.91. The summed E-state index contributed by atoms with van der Waals surface area (Å²) in [5, 5.41) is 0. The molecule has 0 fully saturated rings. The molecule has 9 heteroatoms. The van der Waals surface area contributed by atoms with Crippen LogP contribution in [0.2, 0.25) is 54.4 Å². The van der Waals surface area contributed by atoms with Crippen molar-refractivity contribution in [2.24, 2.45) is 0 Å². The molecule has 0 aliphatic carbocycles. The third-order valence-corrected chi connectivity index (χ3v) is 32.5. The maximum absolute atomic E-state index is 13.2. The fourth-order valence-electron chi connectivity index (χ4n) is 8.87. The van der Waals surface area contributed by atoms with Crippen LogP contribution in [-0.2, 0) is 21.6 Å². The molecule has 56 heavy (non-hydrogen) atoms. The lowest BCUT2D eigenvalue weighted by Gasteiger charge is -2.49. The first-order chi connectivity index (χ1) is 27.1. The van der Waals surface area contributed by atoms with Crippen molar-refractivity contribution in [2.45, 2.75) is 297 Å². The van der Waals surface area contributed by atoms with Crippen molar-refractivity contribution < 1.29 is 21.6 Å². The Kier molecular flexibility index (Phi) is 36.1. The second kappa shape index (κ2) is 35.9. The van der Waals surface area contributed by atoms with Gasteiger partial charge in [-0.2, -0.15) is 0 Å². The van der Waals surface area contributed by atoms with Gasteiger partial charge in [0.2, 0.25) is 0 Å². The average Bonchev–Trinajstić information content (AvgIpc) is 3.15. The van der Waals surface area contributed by atoms with E-state index in [1.54, 1.807) is 6.92 Å². The fourth-order valence-corrected chi connectivity index (χ4v) is 33.7. The van der Waals surface area contributed by atoms with E-state index in [0.717, 1.165) is 87.6 Å². The van der Waals surface area contributed by atoms with Gasteiger partial charge in [-0.15, -0.1) is 0 Å². The molecule has 0 saturated heterocycles. The highest BCUT2D eigenvalue weighted by Crippen LogP contribution is 2.43. The first-order valence-corrected chi connectivity index (χ1v) is 34.6. The van der Waals surface area contributed by atoms with Gasteiger partial charge in [0.25, 0.3) is 5.97 Å². The fraction of sp³-hybridized carbons (Fsp3) is 0.979. The van der Waals surface area contributed by atoms with E-state index in [-0.39, 0.29) is 5.97 Å². The molecule has 0 heterocycles. The molecule has 5 nitrogen and oxygen atoms in total. The quantitative estimate of drug-likeness (QED) is 0.0452. The summed E-state index contributed by atoms with van der Waals surface area (Å²) in [5.74, 6) is -0.144. The highest BCUT2D eigenvalue weighted by atomic mass is 28.5. The topological polar surface area (TPSA) is 54.0 Å². The van der Waals surface area contributed by atoms with Crippen LogP contribution in [-0.4, -0.2) is 40.0 Å². The number of hydrogen-bond acceptors (Lipinski definition) is 5. The molecule has 336 valence electrons. The van der Waals surface area contributed by atoms with Crippen molar-refractivity contribution in [1.29, 1.82) is 0 Å². The number of carbonyl (C=O) groups is 1. The lowest BCUT2D eigenvalue weighted by Crippen LogP contribution is -2.63. The van der Waals surface area contributed by atoms with Crippen LogP contribution < -0.4 is 0 Å². The lowest BCUT2D eigenvalue weighted by molar-refractivity contribution is -0.133. The van der Waals surface area contributed by atoms with E-state index >= 15 is 0 Å². The summed E-state index contributed by atoms with van der Waals surface area (Å²) in [6, 6.07) is 10.0. The molecule has 0 aromatic heterocycles. The molecule has 0 unspecified atom stereocenters. The molecule has 0 bridgehead atoms. The summed E-state index contributed by atoms with van der Waals surface area (Å²) in [6.07, 6.45) is 32.8. The number of hydrogen-bond donors (Lipinski definition) is 0. The van der Waals surface area contributed by atoms with Crippen LogP contribution in [0, 0.1) is 0 Å².